The summed E-state index contributed by atoms with van der Waals surface area (Å²) in [6, 6.07) is 0. The SMILES string of the molecule is CC(=O)N1CC(C(=O)O)OCC12CCC2. The van der Waals surface area contributed by atoms with Crippen molar-refractivity contribution in [2.75, 3.05) is 13.2 Å². The minimum absolute atomic E-state index is 0.0516. The molecule has 2 rings (SSSR count). The van der Waals surface area contributed by atoms with Gasteiger partial charge in [0.25, 0.3) is 0 Å². The van der Waals surface area contributed by atoms with E-state index in [9.17, 15) is 9.59 Å². The van der Waals surface area contributed by atoms with Gasteiger partial charge in [-0.2, -0.15) is 0 Å². The average Bonchev–Trinajstić information content (AvgIpc) is 2.14. The predicted octanol–water partition coefficient (Wildman–Crippen LogP) is 0.241. The fraction of sp³-hybridized carbons (Fsp3) is 0.800. The number of carbonyl (C=O) groups is 2. The Bertz CT molecular complexity index is 298. The van der Waals surface area contributed by atoms with E-state index in [0.717, 1.165) is 19.3 Å². The van der Waals surface area contributed by atoms with Gasteiger partial charge < -0.3 is 14.7 Å². The van der Waals surface area contributed by atoms with E-state index in [-0.39, 0.29) is 18.0 Å². The Morgan fingerprint density at radius 1 is 1.47 bits per heavy atom. The van der Waals surface area contributed by atoms with Crippen LogP contribution in [0.1, 0.15) is 26.2 Å². The summed E-state index contributed by atoms with van der Waals surface area (Å²) in [5.74, 6) is -1.04. The molecule has 1 aliphatic carbocycles. The van der Waals surface area contributed by atoms with E-state index < -0.39 is 12.1 Å². The van der Waals surface area contributed by atoms with E-state index in [4.69, 9.17) is 9.84 Å². The largest absolute Gasteiger partial charge is 0.479 e. The molecule has 0 aromatic heterocycles. The zero-order valence-corrected chi connectivity index (χ0v) is 8.73. The number of carboxylic acids is 1. The quantitative estimate of drug-likeness (QED) is 0.677. The van der Waals surface area contributed by atoms with Gasteiger partial charge in [0.2, 0.25) is 5.91 Å². The van der Waals surface area contributed by atoms with E-state index >= 15 is 0 Å². The predicted molar refractivity (Wildman–Crippen MR) is 51.3 cm³/mol. The van der Waals surface area contributed by atoms with Crippen LogP contribution in [-0.4, -0.2) is 46.7 Å². The first-order valence-electron chi connectivity index (χ1n) is 5.18. The molecule has 1 saturated heterocycles. The molecule has 0 bridgehead atoms. The second-order valence-electron chi connectivity index (χ2n) is 4.35. The number of rotatable bonds is 1. The van der Waals surface area contributed by atoms with E-state index in [1.54, 1.807) is 4.90 Å². The normalized spacial score (nSPS) is 28.6. The van der Waals surface area contributed by atoms with Gasteiger partial charge >= 0.3 is 5.97 Å². The van der Waals surface area contributed by atoms with Gasteiger partial charge in [0.1, 0.15) is 0 Å². The van der Waals surface area contributed by atoms with Crippen LogP contribution in [0.3, 0.4) is 0 Å². The molecule has 2 fully saturated rings. The van der Waals surface area contributed by atoms with Crippen molar-refractivity contribution < 1.29 is 19.4 Å². The molecule has 1 N–H and O–H groups in total. The Morgan fingerprint density at radius 2 is 2.13 bits per heavy atom. The van der Waals surface area contributed by atoms with Gasteiger partial charge in [0, 0.05) is 6.92 Å². The van der Waals surface area contributed by atoms with Crippen LogP contribution in [0.25, 0.3) is 0 Å². The Hall–Kier alpha value is -1.10. The highest BCUT2D eigenvalue weighted by Gasteiger charge is 2.49. The van der Waals surface area contributed by atoms with Gasteiger partial charge in [0.05, 0.1) is 18.7 Å². The van der Waals surface area contributed by atoms with Crippen molar-refractivity contribution in [3.63, 3.8) is 0 Å². The van der Waals surface area contributed by atoms with E-state index in [2.05, 4.69) is 0 Å². The first kappa shape index (κ1) is 10.4. The lowest BCUT2D eigenvalue weighted by Crippen LogP contribution is -2.65. The molecule has 1 heterocycles. The Balaban J connectivity index is 2.12. The van der Waals surface area contributed by atoms with Crippen molar-refractivity contribution in [3.05, 3.63) is 0 Å². The fourth-order valence-electron chi connectivity index (χ4n) is 2.36. The van der Waals surface area contributed by atoms with E-state index in [0.29, 0.717) is 6.61 Å². The summed E-state index contributed by atoms with van der Waals surface area (Å²) < 4.78 is 5.28. The first-order valence-corrected chi connectivity index (χ1v) is 5.18. The van der Waals surface area contributed by atoms with Crippen LogP contribution in [-0.2, 0) is 14.3 Å². The second kappa shape index (κ2) is 3.48. The van der Waals surface area contributed by atoms with Gasteiger partial charge in [-0.05, 0) is 19.3 Å². The van der Waals surface area contributed by atoms with Crippen LogP contribution in [0.15, 0.2) is 0 Å². The highest BCUT2D eigenvalue weighted by Crippen LogP contribution is 2.40. The van der Waals surface area contributed by atoms with Gasteiger partial charge in [-0.3, -0.25) is 4.79 Å². The molecule has 5 nitrogen and oxygen atoms in total. The molecule has 1 aliphatic heterocycles. The number of carboxylic acid groups (broad SMARTS) is 1. The van der Waals surface area contributed by atoms with Gasteiger partial charge in [0.15, 0.2) is 6.10 Å². The Morgan fingerprint density at radius 3 is 2.53 bits per heavy atom. The van der Waals surface area contributed by atoms with Crippen molar-refractivity contribution in [3.8, 4) is 0 Å². The fourth-order valence-corrected chi connectivity index (χ4v) is 2.36. The number of hydrogen-bond acceptors (Lipinski definition) is 3. The molecule has 1 spiro atoms. The third kappa shape index (κ3) is 1.61. The van der Waals surface area contributed by atoms with Crippen LogP contribution < -0.4 is 0 Å². The summed E-state index contributed by atoms with van der Waals surface area (Å²) in [5, 5.41) is 8.84. The molecule has 0 aromatic rings. The average molecular weight is 213 g/mol. The van der Waals surface area contributed by atoms with Crippen molar-refractivity contribution in [2.24, 2.45) is 0 Å². The summed E-state index contributed by atoms with van der Waals surface area (Å²) in [6.07, 6.45) is 2.09. The van der Waals surface area contributed by atoms with Crippen LogP contribution in [0.2, 0.25) is 0 Å². The van der Waals surface area contributed by atoms with Crippen molar-refractivity contribution in [1.82, 2.24) is 4.90 Å². The number of aliphatic carboxylic acids is 1. The molecule has 84 valence electrons. The summed E-state index contributed by atoms with van der Waals surface area (Å²) in [4.78, 5) is 23.9. The number of carbonyl (C=O) groups excluding carboxylic acids is 1. The lowest BCUT2D eigenvalue weighted by Gasteiger charge is -2.53. The van der Waals surface area contributed by atoms with Crippen molar-refractivity contribution in [1.29, 1.82) is 0 Å². The highest BCUT2D eigenvalue weighted by atomic mass is 16.5. The number of ether oxygens (including phenoxy) is 1. The number of nitrogens with zero attached hydrogens (tertiary/aromatic N) is 1. The third-order valence-corrected chi connectivity index (χ3v) is 3.41. The van der Waals surface area contributed by atoms with Crippen molar-refractivity contribution in [2.45, 2.75) is 37.8 Å². The van der Waals surface area contributed by atoms with Crippen LogP contribution in [0, 0.1) is 0 Å². The molecule has 15 heavy (non-hydrogen) atoms. The molecule has 1 saturated carbocycles. The molecular weight excluding hydrogens is 198 g/mol. The molecule has 1 unspecified atom stereocenters. The summed E-state index contributed by atoms with van der Waals surface area (Å²) in [6.45, 7) is 2.04. The number of amides is 1. The van der Waals surface area contributed by atoms with Crippen LogP contribution in [0.4, 0.5) is 0 Å². The molecule has 0 aromatic carbocycles. The standard InChI is InChI=1S/C10H15NO4/c1-7(12)11-5-8(9(13)14)15-6-10(11)3-2-4-10/h8H,2-6H2,1H3,(H,13,14). The van der Waals surface area contributed by atoms with Crippen LogP contribution >= 0.6 is 0 Å². The smallest absolute Gasteiger partial charge is 0.334 e. The Labute approximate surface area is 88.0 Å². The lowest BCUT2D eigenvalue weighted by molar-refractivity contribution is -0.182. The molecule has 2 aliphatic rings. The topological polar surface area (TPSA) is 66.8 Å². The molecule has 5 heteroatoms. The summed E-state index contributed by atoms with van der Waals surface area (Å²) in [5.41, 5.74) is -0.197. The first-order chi connectivity index (χ1) is 7.05. The van der Waals surface area contributed by atoms with Crippen LogP contribution in [0.5, 0.6) is 0 Å². The minimum atomic E-state index is -0.990. The zero-order valence-electron chi connectivity index (χ0n) is 8.73. The maximum atomic E-state index is 11.5. The van der Waals surface area contributed by atoms with Gasteiger partial charge in [-0.15, -0.1) is 0 Å². The maximum absolute atomic E-state index is 11.5. The monoisotopic (exact) mass is 213 g/mol. The molecule has 1 amide bonds. The molecule has 0 radical (unpaired) electrons. The van der Waals surface area contributed by atoms with Gasteiger partial charge in [-0.25, -0.2) is 4.79 Å². The third-order valence-electron chi connectivity index (χ3n) is 3.41. The highest BCUT2D eigenvalue weighted by molar-refractivity contribution is 5.77. The molecular formula is C10H15NO4. The minimum Gasteiger partial charge on any atom is -0.479 e. The summed E-state index contributed by atoms with van der Waals surface area (Å²) in [7, 11) is 0. The van der Waals surface area contributed by atoms with E-state index in [1.165, 1.54) is 6.92 Å². The number of hydrogen-bond donors (Lipinski definition) is 1. The zero-order chi connectivity index (χ0) is 11.1. The second-order valence-corrected chi connectivity index (χ2v) is 4.35. The maximum Gasteiger partial charge on any atom is 0.334 e. The van der Waals surface area contributed by atoms with E-state index in [1.807, 2.05) is 0 Å². The van der Waals surface area contributed by atoms with Crippen molar-refractivity contribution >= 4 is 11.9 Å². The molecule has 1 atom stereocenters. The Kier molecular flexibility index (Phi) is 2.42. The summed E-state index contributed by atoms with van der Waals surface area (Å²) >= 11 is 0. The number of morpholine rings is 1. The van der Waals surface area contributed by atoms with Gasteiger partial charge in [-0.1, -0.05) is 0 Å². The lowest BCUT2D eigenvalue weighted by atomic mass is 9.75.